The summed E-state index contributed by atoms with van der Waals surface area (Å²) < 4.78 is 5.53. The summed E-state index contributed by atoms with van der Waals surface area (Å²) in [5.74, 6) is 0.376. The predicted molar refractivity (Wildman–Crippen MR) is 86.5 cm³/mol. The zero-order valence-corrected chi connectivity index (χ0v) is 13.3. The molecule has 0 aliphatic heterocycles. The van der Waals surface area contributed by atoms with Gasteiger partial charge >= 0.3 is 0 Å². The van der Waals surface area contributed by atoms with E-state index in [4.69, 9.17) is 27.9 Å². The second-order valence-electron chi connectivity index (χ2n) is 4.70. The number of halogens is 2. The number of rotatable bonds is 4. The molecule has 110 valence electrons. The summed E-state index contributed by atoms with van der Waals surface area (Å²) in [5.41, 5.74) is 2.45. The van der Waals surface area contributed by atoms with Crippen molar-refractivity contribution in [2.45, 2.75) is 13.8 Å². The van der Waals surface area contributed by atoms with Gasteiger partial charge in [-0.05, 0) is 43.2 Å². The van der Waals surface area contributed by atoms with Gasteiger partial charge in [-0.3, -0.25) is 4.79 Å². The highest BCUT2D eigenvalue weighted by Crippen LogP contribution is 2.29. The number of ether oxygens (including phenoxy) is 1. The molecule has 0 aromatic heterocycles. The van der Waals surface area contributed by atoms with Crippen LogP contribution in [0.3, 0.4) is 0 Å². The SMILES string of the molecule is Cc1ccc(C)c(OCC(=O)Nc2c(Cl)cccc2Cl)c1. The van der Waals surface area contributed by atoms with Gasteiger partial charge in [-0.25, -0.2) is 0 Å². The second-order valence-corrected chi connectivity index (χ2v) is 5.52. The Kier molecular flexibility index (Phi) is 5.10. The lowest BCUT2D eigenvalue weighted by Crippen LogP contribution is -2.20. The van der Waals surface area contributed by atoms with Crippen LogP contribution in [0.15, 0.2) is 36.4 Å². The van der Waals surface area contributed by atoms with Crippen LogP contribution in [-0.4, -0.2) is 12.5 Å². The van der Waals surface area contributed by atoms with Crippen LogP contribution in [0.1, 0.15) is 11.1 Å². The molecule has 0 aliphatic carbocycles. The van der Waals surface area contributed by atoms with E-state index in [0.29, 0.717) is 21.5 Å². The monoisotopic (exact) mass is 323 g/mol. The van der Waals surface area contributed by atoms with Crippen molar-refractivity contribution in [3.05, 3.63) is 57.6 Å². The number of aryl methyl sites for hydroxylation is 2. The van der Waals surface area contributed by atoms with Crippen molar-refractivity contribution in [2.75, 3.05) is 11.9 Å². The third kappa shape index (κ3) is 4.13. The lowest BCUT2D eigenvalue weighted by molar-refractivity contribution is -0.118. The molecule has 0 fully saturated rings. The summed E-state index contributed by atoms with van der Waals surface area (Å²) in [6, 6.07) is 10.9. The Morgan fingerprint density at radius 1 is 1.14 bits per heavy atom. The molecule has 2 rings (SSSR count). The molecule has 0 aliphatic rings. The number of carbonyl (C=O) groups is 1. The van der Waals surface area contributed by atoms with E-state index in [1.165, 1.54) is 0 Å². The van der Waals surface area contributed by atoms with E-state index in [1.54, 1.807) is 18.2 Å². The van der Waals surface area contributed by atoms with Gasteiger partial charge in [-0.1, -0.05) is 41.4 Å². The summed E-state index contributed by atoms with van der Waals surface area (Å²) in [6.45, 7) is 3.79. The van der Waals surface area contributed by atoms with Gasteiger partial charge in [0.05, 0.1) is 15.7 Å². The number of anilines is 1. The molecule has 0 heterocycles. The summed E-state index contributed by atoms with van der Waals surface area (Å²) in [5, 5.41) is 3.44. The third-order valence-electron chi connectivity index (χ3n) is 2.93. The smallest absolute Gasteiger partial charge is 0.262 e. The van der Waals surface area contributed by atoms with Crippen LogP contribution in [0, 0.1) is 13.8 Å². The first-order valence-corrected chi connectivity index (χ1v) is 7.17. The number of nitrogens with one attached hydrogen (secondary N) is 1. The molecule has 0 bridgehead atoms. The molecule has 0 spiro atoms. The first-order valence-electron chi connectivity index (χ1n) is 6.41. The highest BCUT2D eigenvalue weighted by Gasteiger charge is 2.10. The molecule has 0 saturated carbocycles. The Morgan fingerprint density at radius 3 is 2.48 bits per heavy atom. The number of hydrogen-bond donors (Lipinski definition) is 1. The molecule has 2 aromatic carbocycles. The minimum absolute atomic E-state index is 0.105. The van der Waals surface area contributed by atoms with Crippen molar-refractivity contribution >= 4 is 34.8 Å². The Hall–Kier alpha value is -1.71. The molecule has 0 saturated heterocycles. The summed E-state index contributed by atoms with van der Waals surface area (Å²) in [6.07, 6.45) is 0. The first kappa shape index (κ1) is 15.7. The van der Waals surface area contributed by atoms with Crippen LogP contribution in [0.2, 0.25) is 10.0 Å². The van der Waals surface area contributed by atoms with Crippen LogP contribution in [0.25, 0.3) is 0 Å². The predicted octanol–water partition coefficient (Wildman–Crippen LogP) is 4.63. The Morgan fingerprint density at radius 2 is 1.81 bits per heavy atom. The van der Waals surface area contributed by atoms with Gasteiger partial charge < -0.3 is 10.1 Å². The number of benzene rings is 2. The van der Waals surface area contributed by atoms with Gasteiger partial charge in [-0.2, -0.15) is 0 Å². The van der Waals surface area contributed by atoms with E-state index in [2.05, 4.69) is 5.32 Å². The fourth-order valence-corrected chi connectivity index (χ4v) is 2.29. The minimum atomic E-state index is -0.314. The van der Waals surface area contributed by atoms with Gasteiger partial charge in [0.1, 0.15) is 5.75 Å². The molecule has 3 nitrogen and oxygen atoms in total. The van der Waals surface area contributed by atoms with Gasteiger partial charge in [0.2, 0.25) is 0 Å². The van der Waals surface area contributed by atoms with Crippen LogP contribution in [0.4, 0.5) is 5.69 Å². The number of para-hydroxylation sites is 1. The lowest BCUT2D eigenvalue weighted by Gasteiger charge is -2.12. The molecular formula is C16H15Cl2NO2. The topological polar surface area (TPSA) is 38.3 Å². The summed E-state index contributed by atoms with van der Waals surface area (Å²) >= 11 is 12.0. The van der Waals surface area contributed by atoms with Crippen LogP contribution >= 0.6 is 23.2 Å². The van der Waals surface area contributed by atoms with E-state index < -0.39 is 0 Å². The molecule has 2 aromatic rings. The zero-order chi connectivity index (χ0) is 15.4. The zero-order valence-electron chi connectivity index (χ0n) is 11.7. The Bertz CT molecular complexity index is 651. The van der Waals surface area contributed by atoms with Crippen LogP contribution in [-0.2, 0) is 4.79 Å². The largest absolute Gasteiger partial charge is 0.483 e. The van der Waals surface area contributed by atoms with E-state index in [1.807, 2.05) is 32.0 Å². The van der Waals surface area contributed by atoms with E-state index >= 15 is 0 Å². The van der Waals surface area contributed by atoms with Crippen molar-refractivity contribution in [3.8, 4) is 5.75 Å². The van der Waals surface area contributed by atoms with E-state index in [-0.39, 0.29) is 12.5 Å². The summed E-state index contributed by atoms with van der Waals surface area (Å²) in [7, 11) is 0. The number of carbonyl (C=O) groups excluding carboxylic acids is 1. The van der Waals surface area contributed by atoms with Crippen molar-refractivity contribution in [2.24, 2.45) is 0 Å². The third-order valence-corrected chi connectivity index (χ3v) is 3.56. The Balaban J connectivity index is 2.01. The van der Waals surface area contributed by atoms with Crippen molar-refractivity contribution in [1.29, 1.82) is 0 Å². The average molecular weight is 324 g/mol. The molecule has 0 atom stereocenters. The van der Waals surface area contributed by atoms with Gasteiger partial charge in [0, 0.05) is 0 Å². The van der Waals surface area contributed by atoms with E-state index in [9.17, 15) is 4.79 Å². The van der Waals surface area contributed by atoms with Gasteiger partial charge in [-0.15, -0.1) is 0 Å². The number of hydrogen-bond acceptors (Lipinski definition) is 2. The normalized spacial score (nSPS) is 10.3. The molecule has 1 amide bonds. The van der Waals surface area contributed by atoms with Crippen LogP contribution in [0.5, 0.6) is 5.75 Å². The second kappa shape index (κ2) is 6.83. The maximum atomic E-state index is 11.9. The molecule has 21 heavy (non-hydrogen) atoms. The molecule has 0 unspecified atom stereocenters. The fourth-order valence-electron chi connectivity index (χ4n) is 1.80. The van der Waals surface area contributed by atoms with Gasteiger partial charge in [0.15, 0.2) is 6.61 Å². The molecule has 5 heteroatoms. The first-order chi connectivity index (χ1) is 9.97. The quantitative estimate of drug-likeness (QED) is 0.890. The van der Waals surface area contributed by atoms with Gasteiger partial charge in [0.25, 0.3) is 5.91 Å². The molecular weight excluding hydrogens is 309 g/mol. The average Bonchev–Trinajstić information content (AvgIpc) is 2.44. The molecule has 0 radical (unpaired) electrons. The number of amides is 1. The van der Waals surface area contributed by atoms with E-state index in [0.717, 1.165) is 11.1 Å². The fraction of sp³-hybridized carbons (Fsp3) is 0.188. The Labute approximate surface area is 133 Å². The standard InChI is InChI=1S/C16H15Cl2NO2/c1-10-6-7-11(2)14(8-10)21-9-15(20)19-16-12(17)4-3-5-13(16)18/h3-8H,9H2,1-2H3,(H,19,20). The van der Waals surface area contributed by atoms with Crippen molar-refractivity contribution < 1.29 is 9.53 Å². The van der Waals surface area contributed by atoms with Crippen molar-refractivity contribution in [1.82, 2.24) is 0 Å². The maximum Gasteiger partial charge on any atom is 0.262 e. The van der Waals surface area contributed by atoms with Crippen LogP contribution < -0.4 is 10.1 Å². The maximum absolute atomic E-state index is 11.9. The van der Waals surface area contributed by atoms with Crippen molar-refractivity contribution in [3.63, 3.8) is 0 Å². The highest BCUT2D eigenvalue weighted by atomic mass is 35.5. The minimum Gasteiger partial charge on any atom is -0.483 e. The summed E-state index contributed by atoms with van der Waals surface area (Å²) in [4.78, 5) is 11.9. The lowest BCUT2D eigenvalue weighted by atomic mass is 10.1. The highest BCUT2D eigenvalue weighted by molar-refractivity contribution is 6.39. The molecule has 1 N–H and O–H groups in total.